The lowest BCUT2D eigenvalue weighted by Gasteiger charge is -2.30. The lowest BCUT2D eigenvalue weighted by atomic mass is 9.97. The van der Waals surface area contributed by atoms with Crippen LogP contribution in [0.5, 0.6) is 0 Å². The normalized spacial score (nSPS) is 16.4. The maximum absolute atomic E-state index is 5.61. The molecule has 3 rings (SSSR count). The van der Waals surface area contributed by atoms with Crippen LogP contribution >= 0.6 is 0 Å². The lowest BCUT2D eigenvalue weighted by Crippen LogP contribution is -2.34. The fraction of sp³-hybridized carbons (Fsp3) is 0.562. The first-order chi connectivity index (χ1) is 10.3. The van der Waals surface area contributed by atoms with Crippen molar-refractivity contribution in [3.63, 3.8) is 0 Å². The molecule has 0 bridgehead atoms. The zero-order valence-corrected chi connectivity index (χ0v) is 12.7. The number of hydrogen-bond donors (Lipinski definition) is 0. The summed E-state index contributed by atoms with van der Waals surface area (Å²) in [4.78, 5) is 15.7. The zero-order valence-electron chi connectivity index (χ0n) is 12.7. The molecule has 0 amide bonds. The summed E-state index contributed by atoms with van der Waals surface area (Å²) in [6, 6.07) is 0. The molecule has 1 fully saturated rings. The molecule has 0 radical (unpaired) electrons. The van der Waals surface area contributed by atoms with E-state index in [1.165, 1.54) is 5.56 Å². The van der Waals surface area contributed by atoms with Crippen molar-refractivity contribution >= 4 is 5.95 Å². The van der Waals surface area contributed by atoms with E-state index in [4.69, 9.17) is 4.42 Å². The van der Waals surface area contributed by atoms with Crippen molar-refractivity contribution in [1.82, 2.24) is 15.0 Å². The van der Waals surface area contributed by atoms with Gasteiger partial charge in [0.2, 0.25) is 5.95 Å². The molecule has 2 aromatic rings. The zero-order chi connectivity index (χ0) is 14.7. The van der Waals surface area contributed by atoms with Crippen LogP contribution in [0.1, 0.15) is 49.8 Å². The van der Waals surface area contributed by atoms with Gasteiger partial charge in [-0.1, -0.05) is 13.8 Å². The second-order valence-electron chi connectivity index (χ2n) is 5.54. The van der Waals surface area contributed by atoms with Gasteiger partial charge in [-0.25, -0.2) is 15.0 Å². The Bertz CT molecular complexity index is 570. The van der Waals surface area contributed by atoms with Crippen molar-refractivity contribution in [1.29, 1.82) is 0 Å². The van der Waals surface area contributed by atoms with Gasteiger partial charge < -0.3 is 9.32 Å². The Morgan fingerprint density at radius 1 is 1.14 bits per heavy atom. The summed E-state index contributed by atoms with van der Waals surface area (Å²) in [5.41, 5.74) is 2.23. The number of aryl methyl sites for hydroxylation is 2. The number of rotatable bonds is 4. The van der Waals surface area contributed by atoms with E-state index in [0.717, 1.165) is 56.3 Å². The third kappa shape index (κ3) is 3.06. The quantitative estimate of drug-likeness (QED) is 0.865. The first-order valence-electron chi connectivity index (χ1n) is 7.80. The van der Waals surface area contributed by atoms with Crippen molar-refractivity contribution in [2.75, 3.05) is 18.0 Å². The second-order valence-corrected chi connectivity index (χ2v) is 5.54. The number of aromatic nitrogens is 3. The Labute approximate surface area is 125 Å². The van der Waals surface area contributed by atoms with E-state index >= 15 is 0 Å². The van der Waals surface area contributed by atoms with Gasteiger partial charge in [0.15, 0.2) is 5.89 Å². The lowest BCUT2D eigenvalue weighted by molar-refractivity contribution is 0.391. The van der Waals surface area contributed by atoms with Gasteiger partial charge >= 0.3 is 0 Å². The van der Waals surface area contributed by atoms with Crippen LogP contribution in [-0.2, 0) is 12.8 Å². The van der Waals surface area contributed by atoms with Gasteiger partial charge in [-0.2, -0.15) is 0 Å². The molecule has 0 aromatic carbocycles. The Balaban J connectivity index is 1.61. The van der Waals surface area contributed by atoms with Gasteiger partial charge in [-0.15, -0.1) is 0 Å². The van der Waals surface area contributed by atoms with Gasteiger partial charge in [0, 0.05) is 31.4 Å². The molecule has 5 heteroatoms. The molecule has 1 aliphatic rings. The van der Waals surface area contributed by atoms with E-state index in [2.05, 4.69) is 33.7 Å². The van der Waals surface area contributed by atoms with Crippen LogP contribution < -0.4 is 4.90 Å². The number of anilines is 1. The average molecular weight is 286 g/mol. The minimum absolute atomic E-state index is 0.427. The molecule has 0 aliphatic carbocycles. The summed E-state index contributed by atoms with van der Waals surface area (Å²) in [6.45, 7) is 6.13. The van der Waals surface area contributed by atoms with Crippen LogP contribution in [0.4, 0.5) is 5.95 Å². The molecule has 2 aromatic heterocycles. The van der Waals surface area contributed by atoms with Crippen LogP contribution in [0.3, 0.4) is 0 Å². The first kappa shape index (κ1) is 14.0. The van der Waals surface area contributed by atoms with Crippen molar-refractivity contribution in [2.24, 2.45) is 0 Å². The van der Waals surface area contributed by atoms with Crippen molar-refractivity contribution in [3.05, 3.63) is 35.8 Å². The topological polar surface area (TPSA) is 55.1 Å². The summed E-state index contributed by atoms with van der Waals surface area (Å²) >= 11 is 0. The van der Waals surface area contributed by atoms with Gasteiger partial charge in [0.1, 0.15) is 6.26 Å². The smallest absolute Gasteiger partial charge is 0.225 e. The Morgan fingerprint density at radius 3 is 2.43 bits per heavy atom. The molecule has 0 unspecified atom stereocenters. The molecule has 5 nitrogen and oxygen atoms in total. The molecule has 0 spiro atoms. The van der Waals surface area contributed by atoms with Crippen molar-refractivity contribution in [3.8, 4) is 0 Å². The van der Waals surface area contributed by atoms with Crippen LogP contribution in [0.2, 0.25) is 0 Å². The van der Waals surface area contributed by atoms with E-state index in [1.54, 1.807) is 6.26 Å². The predicted molar refractivity (Wildman–Crippen MR) is 81.5 cm³/mol. The fourth-order valence-electron chi connectivity index (χ4n) is 2.69. The number of nitrogens with zero attached hydrogens (tertiary/aromatic N) is 4. The summed E-state index contributed by atoms with van der Waals surface area (Å²) in [5, 5.41) is 0. The Hall–Kier alpha value is -1.91. The highest BCUT2D eigenvalue weighted by molar-refractivity contribution is 5.31. The highest BCUT2D eigenvalue weighted by Gasteiger charge is 2.25. The third-order valence-electron chi connectivity index (χ3n) is 4.16. The SMILES string of the molecule is CCc1cnc(N2CCC(c3nc(CC)co3)CC2)nc1. The van der Waals surface area contributed by atoms with Gasteiger partial charge in [0.05, 0.1) is 5.69 Å². The van der Waals surface area contributed by atoms with E-state index in [9.17, 15) is 0 Å². The molecular weight excluding hydrogens is 264 g/mol. The molecule has 0 atom stereocenters. The standard InChI is InChI=1S/C16H22N4O/c1-3-12-9-17-16(18-10-12)20-7-5-13(6-8-20)15-19-14(4-2)11-21-15/h9-11,13H,3-8H2,1-2H3. The average Bonchev–Trinajstić information content (AvgIpc) is 3.04. The Kier molecular flexibility index (Phi) is 4.18. The third-order valence-corrected chi connectivity index (χ3v) is 4.16. The molecule has 3 heterocycles. The van der Waals surface area contributed by atoms with Crippen LogP contribution in [0, 0.1) is 0 Å². The van der Waals surface area contributed by atoms with Gasteiger partial charge in [-0.3, -0.25) is 0 Å². The first-order valence-corrected chi connectivity index (χ1v) is 7.80. The molecule has 112 valence electrons. The van der Waals surface area contributed by atoms with E-state index in [-0.39, 0.29) is 0 Å². The van der Waals surface area contributed by atoms with Crippen LogP contribution in [-0.4, -0.2) is 28.0 Å². The van der Waals surface area contributed by atoms with E-state index in [1.807, 2.05) is 12.4 Å². The Morgan fingerprint density at radius 2 is 1.86 bits per heavy atom. The highest BCUT2D eigenvalue weighted by atomic mass is 16.3. The van der Waals surface area contributed by atoms with Gasteiger partial charge in [0.25, 0.3) is 0 Å². The fourth-order valence-corrected chi connectivity index (χ4v) is 2.69. The molecule has 21 heavy (non-hydrogen) atoms. The molecule has 0 saturated carbocycles. The minimum Gasteiger partial charge on any atom is -0.448 e. The monoisotopic (exact) mass is 286 g/mol. The minimum atomic E-state index is 0.427. The predicted octanol–water partition coefficient (Wildman–Crippen LogP) is 2.97. The maximum atomic E-state index is 5.61. The second kappa shape index (κ2) is 6.24. The van der Waals surface area contributed by atoms with E-state index in [0.29, 0.717) is 5.92 Å². The molecular formula is C16H22N4O. The highest BCUT2D eigenvalue weighted by Crippen LogP contribution is 2.28. The number of oxazole rings is 1. The van der Waals surface area contributed by atoms with E-state index < -0.39 is 0 Å². The maximum Gasteiger partial charge on any atom is 0.225 e. The van der Waals surface area contributed by atoms with Crippen LogP contribution in [0.25, 0.3) is 0 Å². The van der Waals surface area contributed by atoms with Gasteiger partial charge in [-0.05, 0) is 31.2 Å². The summed E-state index contributed by atoms with van der Waals surface area (Å²) in [5.74, 6) is 2.16. The molecule has 1 aliphatic heterocycles. The van der Waals surface area contributed by atoms with Crippen molar-refractivity contribution < 1.29 is 4.42 Å². The summed E-state index contributed by atoms with van der Waals surface area (Å²) < 4.78 is 5.61. The number of hydrogen-bond acceptors (Lipinski definition) is 5. The van der Waals surface area contributed by atoms with Crippen molar-refractivity contribution in [2.45, 2.75) is 45.4 Å². The largest absolute Gasteiger partial charge is 0.448 e. The molecule has 0 N–H and O–H groups in total. The number of piperidine rings is 1. The summed E-state index contributed by atoms with van der Waals surface area (Å²) in [7, 11) is 0. The summed E-state index contributed by atoms with van der Waals surface area (Å²) in [6.07, 6.45) is 9.64. The molecule has 1 saturated heterocycles. The van der Waals surface area contributed by atoms with Crippen LogP contribution in [0.15, 0.2) is 23.1 Å².